The molecule has 8 heteroatoms. The molecule has 0 aliphatic rings. The molecule has 1 amide bonds. The van der Waals surface area contributed by atoms with Gasteiger partial charge < -0.3 is 9.73 Å². The molecule has 156 valence electrons. The Labute approximate surface area is 183 Å². The van der Waals surface area contributed by atoms with E-state index in [1.807, 2.05) is 60.7 Å². The molecule has 31 heavy (non-hydrogen) atoms. The van der Waals surface area contributed by atoms with Gasteiger partial charge in [-0.3, -0.25) is 9.69 Å². The van der Waals surface area contributed by atoms with Crippen LogP contribution in [-0.2, 0) is 11.3 Å². The molecule has 4 rings (SSSR count). The fraction of sp³-hybridized carbons (Fsp3) is 0.0870. The first-order valence-electron chi connectivity index (χ1n) is 9.57. The average Bonchev–Trinajstić information content (AvgIpc) is 3.27. The Bertz CT molecular complexity index is 1080. The summed E-state index contributed by atoms with van der Waals surface area (Å²) < 4.78 is 18.6. The van der Waals surface area contributed by atoms with Crippen LogP contribution < -0.4 is 10.2 Å². The number of nitrogens with zero attached hydrogens (tertiary/aromatic N) is 3. The fourth-order valence-corrected chi connectivity index (χ4v) is 3.52. The van der Waals surface area contributed by atoms with Crippen LogP contribution in [0.5, 0.6) is 0 Å². The molecule has 1 N–H and O–H groups in total. The maximum absolute atomic E-state index is 13.0. The summed E-state index contributed by atoms with van der Waals surface area (Å²) in [4.78, 5) is 14.7. The van der Waals surface area contributed by atoms with Crippen LogP contribution in [0.3, 0.4) is 0 Å². The van der Waals surface area contributed by atoms with Crippen LogP contribution >= 0.6 is 11.8 Å². The van der Waals surface area contributed by atoms with E-state index in [0.29, 0.717) is 17.7 Å². The van der Waals surface area contributed by atoms with Gasteiger partial charge in [-0.25, -0.2) is 4.39 Å². The number of halogens is 1. The third-order valence-electron chi connectivity index (χ3n) is 4.33. The number of hydrogen-bond donors (Lipinski definition) is 1. The van der Waals surface area contributed by atoms with E-state index in [9.17, 15) is 9.18 Å². The van der Waals surface area contributed by atoms with Crippen LogP contribution in [0, 0.1) is 5.82 Å². The van der Waals surface area contributed by atoms with Gasteiger partial charge in [0.2, 0.25) is 11.8 Å². The van der Waals surface area contributed by atoms with Crippen molar-refractivity contribution in [3.63, 3.8) is 0 Å². The summed E-state index contributed by atoms with van der Waals surface area (Å²) in [5, 5.41) is 11.4. The number of benzene rings is 3. The molecule has 0 bridgehead atoms. The second-order valence-electron chi connectivity index (χ2n) is 6.51. The first kappa shape index (κ1) is 20.6. The second-order valence-corrected chi connectivity index (χ2v) is 7.44. The molecule has 0 saturated carbocycles. The monoisotopic (exact) mass is 434 g/mol. The summed E-state index contributed by atoms with van der Waals surface area (Å²) in [6.07, 6.45) is 0. The average molecular weight is 434 g/mol. The third-order valence-corrected chi connectivity index (χ3v) is 5.14. The maximum Gasteiger partial charge on any atom is 0.277 e. The van der Waals surface area contributed by atoms with E-state index < -0.39 is 0 Å². The Balaban J connectivity index is 1.38. The van der Waals surface area contributed by atoms with Crippen molar-refractivity contribution in [1.82, 2.24) is 10.2 Å². The van der Waals surface area contributed by atoms with Gasteiger partial charge in [0.05, 0.1) is 12.3 Å². The quantitative estimate of drug-likeness (QED) is 0.381. The zero-order valence-electron chi connectivity index (χ0n) is 16.4. The number of hydrogen-bond acceptors (Lipinski definition) is 6. The Kier molecular flexibility index (Phi) is 6.59. The van der Waals surface area contributed by atoms with Crippen molar-refractivity contribution in [3.05, 3.63) is 96.6 Å². The van der Waals surface area contributed by atoms with Crippen LogP contribution in [0.15, 0.2) is 94.6 Å². The summed E-state index contributed by atoms with van der Waals surface area (Å²) in [6.45, 7) is 0.299. The molecule has 0 radical (unpaired) electrons. The van der Waals surface area contributed by atoms with Crippen LogP contribution in [-0.4, -0.2) is 21.9 Å². The van der Waals surface area contributed by atoms with Crippen molar-refractivity contribution in [3.8, 4) is 0 Å². The number of rotatable bonds is 8. The van der Waals surface area contributed by atoms with Gasteiger partial charge in [-0.1, -0.05) is 48.2 Å². The number of aromatic nitrogens is 2. The summed E-state index contributed by atoms with van der Waals surface area (Å²) >= 11 is 1.18. The van der Waals surface area contributed by atoms with Crippen LogP contribution in [0.4, 0.5) is 21.5 Å². The summed E-state index contributed by atoms with van der Waals surface area (Å²) in [5.41, 5.74) is 2.31. The minimum Gasteiger partial charge on any atom is -0.414 e. The highest BCUT2D eigenvalue weighted by atomic mass is 32.2. The molecular weight excluding hydrogens is 415 g/mol. The molecule has 0 fully saturated rings. The normalized spacial score (nSPS) is 10.6. The van der Waals surface area contributed by atoms with Crippen molar-refractivity contribution in [2.45, 2.75) is 11.8 Å². The highest BCUT2D eigenvalue weighted by Gasteiger charge is 2.19. The Hall–Kier alpha value is -3.65. The van der Waals surface area contributed by atoms with Crippen molar-refractivity contribution in [1.29, 1.82) is 0 Å². The molecule has 0 spiro atoms. The third kappa shape index (κ3) is 5.49. The first-order chi connectivity index (χ1) is 15.2. The number of carbonyl (C=O) groups excluding carboxylic acids is 1. The minimum atomic E-state index is -0.299. The Morgan fingerprint density at radius 2 is 1.52 bits per heavy atom. The Morgan fingerprint density at radius 1 is 0.903 bits per heavy atom. The van der Waals surface area contributed by atoms with E-state index in [1.165, 1.54) is 23.9 Å². The lowest BCUT2D eigenvalue weighted by Crippen LogP contribution is -2.27. The minimum absolute atomic E-state index is 0.105. The maximum atomic E-state index is 13.0. The van der Waals surface area contributed by atoms with Crippen LogP contribution in [0.2, 0.25) is 0 Å². The molecule has 3 aromatic carbocycles. The van der Waals surface area contributed by atoms with Crippen molar-refractivity contribution < 1.29 is 13.6 Å². The molecule has 0 saturated heterocycles. The standard InChI is InChI=1S/C23H19FN4O2S/c24-17-11-13-18(14-12-17)25-15-21-26-27-23(30-21)31-16-22(29)28(19-7-3-1-4-8-19)20-9-5-2-6-10-20/h1-14,25H,15-16H2. The van der Waals surface area contributed by atoms with Crippen LogP contribution in [0.25, 0.3) is 0 Å². The molecule has 0 aliphatic heterocycles. The largest absolute Gasteiger partial charge is 0.414 e. The Morgan fingerprint density at radius 3 is 2.13 bits per heavy atom. The highest BCUT2D eigenvalue weighted by molar-refractivity contribution is 7.99. The topological polar surface area (TPSA) is 71.3 Å². The number of carbonyl (C=O) groups is 1. The van der Waals surface area contributed by atoms with Gasteiger partial charge in [0, 0.05) is 17.1 Å². The molecule has 0 unspecified atom stereocenters. The highest BCUT2D eigenvalue weighted by Crippen LogP contribution is 2.27. The van der Waals surface area contributed by atoms with Gasteiger partial charge in [-0.05, 0) is 48.5 Å². The molecule has 0 aliphatic carbocycles. The summed E-state index contributed by atoms with van der Waals surface area (Å²) in [7, 11) is 0. The van der Waals surface area contributed by atoms with E-state index in [-0.39, 0.29) is 17.5 Å². The van der Waals surface area contributed by atoms with Crippen LogP contribution in [0.1, 0.15) is 5.89 Å². The van der Waals surface area contributed by atoms with E-state index >= 15 is 0 Å². The zero-order valence-corrected chi connectivity index (χ0v) is 17.3. The van der Waals surface area contributed by atoms with Crippen molar-refractivity contribution in [2.24, 2.45) is 0 Å². The first-order valence-corrected chi connectivity index (χ1v) is 10.6. The van der Waals surface area contributed by atoms with E-state index in [0.717, 1.165) is 17.1 Å². The lowest BCUT2D eigenvalue weighted by Gasteiger charge is -2.22. The molecular formula is C23H19FN4O2S. The van der Waals surface area contributed by atoms with Crippen molar-refractivity contribution in [2.75, 3.05) is 16.0 Å². The summed E-state index contributed by atoms with van der Waals surface area (Å²) in [6, 6.07) is 24.9. The van der Waals surface area contributed by atoms with E-state index in [2.05, 4.69) is 15.5 Å². The number of anilines is 3. The van der Waals surface area contributed by atoms with Crippen molar-refractivity contribution >= 4 is 34.7 Å². The fourth-order valence-electron chi connectivity index (χ4n) is 2.89. The predicted octanol–water partition coefficient (Wildman–Crippen LogP) is 5.28. The number of thioether (sulfide) groups is 1. The molecule has 6 nitrogen and oxygen atoms in total. The molecule has 4 aromatic rings. The smallest absolute Gasteiger partial charge is 0.277 e. The summed E-state index contributed by atoms with van der Waals surface area (Å²) in [5.74, 6) is 0.108. The molecule has 1 aromatic heterocycles. The van der Waals surface area contributed by atoms with E-state index in [4.69, 9.17) is 4.42 Å². The molecule has 1 heterocycles. The number of para-hydroxylation sites is 2. The predicted molar refractivity (Wildman–Crippen MR) is 119 cm³/mol. The zero-order chi connectivity index (χ0) is 21.5. The SMILES string of the molecule is O=C(CSc1nnc(CNc2ccc(F)cc2)o1)N(c1ccccc1)c1ccccc1. The van der Waals surface area contributed by atoms with Gasteiger partial charge in [0.15, 0.2) is 0 Å². The number of nitrogens with one attached hydrogen (secondary N) is 1. The van der Waals surface area contributed by atoms with Gasteiger partial charge in [0.25, 0.3) is 5.22 Å². The second kappa shape index (κ2) is 9.90. The lowest BCUT2D eigenvalue weighted by atomic mass is 10.2. The van der Waals surface area contributed by atoms with Gasteiger partial charge >= 0.3 is 0 Å². The van der Waals surface area contributed by atoms with Gasteiger partial charge in [-0.2, -0.15) is 0 Å². The number of amides is 1. The molecule has 0 atom stereocenters. The van der Waals surface area contributed by atoms with Gasteiger partial charge in [0.1, 0.15) is 5.82 Å². The lowest BCUT2D eigenvalue weighted by molar-refractivity contribution is -0.115. The van der Waals surface area contributed by atoms with Gasteiger partial charge in [-0.15, -0.1) is 10.2 Å². The van der Waals surface area contributed by atoms with E-state index in [1.54, 1.807) is 17.0 Å².